The summed E-state index contributed by atoms with van der Waals surface area (Å²) in [5.74, 6) is -0.386. The molecule has 0 atom stereocenters. The second kappa shape index (κ2) is 5.85. The molecule has 0 amide bonds. The number of carbonyl (C=O) groups excluding carboxylic acids is 1. The predicted octanol–water partition coefficient (Wildman–Crippen LogP) is 2.73. The maximum Gasteiger partial charge on any atom is 0.374 e. The van der Waals surface area contributed by atoms with Crippen LogP contribution in [0.25, 0.3) is 5.57 Å². The second-order valence-corrected chi connectivity index (χ2v) is 8.16. The van der Waals surface area contributed by atoms with Gasteiger partial charge in [-0.25, -0.2) is 13.2 Å². The number of hydrogen-bond donors (Lipinski definition) is 0. The molecule has 1 heterocycles. The van der Waals surface area contributed by atoms with Gasteiger partial charge in [0, 0.05) is 6.26 Å². The van der Waals surface area contributed by atoms with E-state index in [0.717, 1.165) is 11.8 Å². The topological polar surface area (TPSA) is 69.7 Å². The highest BCUT2D eigenvalue weighted by atomic mass is 32.2. The Kier molecular flexibility index (Phi) is 4.39. The van der Waals surface area contributed by atoms with Crippen molar-refractivity contribution in [3.8, 4) is 0 Å². The summed E-state index contributed by atoms with van der Waals surface area (Å²) in [7, 11) is -3.27. The molecule has 1 aromatic rings. The fourth-order valence-corrected chi connectivity index (χ4v) is 3.01. The lowest BCUT2D eigenvalue weighted by atomic mass is 9.92. The van der Waals surface area contributed by atoms with Crippen molar-refractivity contribution in [2.75, 3.05) is 12.9 Å². The SMILES string of the molecule is C=C(C)COC1=C(c2ccc(S(C)(=O)=O)cc2)C(C)(C)OC1=O. The molecule has 0 saturated heterocycles. The molecule has 1 aliphatic heterocycles. The van der Waals surface area contributed by atoms with Crippen molar-refractivity contribution in [2.24, 2.45) is 0 Å². The second-order valence-electron chi connectivity index (χ2n) is 6.15. The summed E-state index contributed by atoms with van der Waals surface area (Å²) in [6, 6.07) is 6.32. The Labute approximate surface area is 136 Å². The van der Waals surface area contributed by atoms with Crippen LogP contribution in [0.2, 0.25) is 0 Å². The molecule has 124 valence electrons. The van der Waals surface area contributed by atoms with Crippen LogP contribution >= 0.6 is 0 Å². The molecule has 23 heavy (non-hydrogen) atoms. The van der Waals surface area contributed by atoms with Gasteiger partial charge in [-0.3, -0.25) is 0 Å². The number of ether oxygens (including phenoxy) is 2. The van der Waals surface area contributed by atoms with E-state index < -0.39 is 21.4 Å². The quantitative estimate of drug-likeness (QED) is 0.611. The fraction of sp³-hybridized carbons (Fsp3) is 0.353. The largest absolute Gasteiger partial charge is 0.482 e. The Morgan fingerprint density at radius 1 is 1.26 bits per heavy atom. The molecule has 0 aliphatic carbocycles. The first-order valence-electron chi connectivity index (χ1n) is 7.08. The summed E-state index contributed by atoms with van der Waals surface area (Å²) in [5.41, 5.74) is 1.21. The molecule has 1 aromatic carbocycles. The van der Waals surface area contributed by atoms with Crippen molar-refractivity contribution in [1.29, 1.82) is 0 Å². The number of carbonyl (C=O) groups is 1. The van der Waals surface area contributed by atoms with E-state index in [1.54, 1.807) is 32.9 Å². The fourth-order valence-electron chi connectivity index (χ4n) is 2.38. The molecule has 0 bridgehead atoms. The van der Waals surface area contributed by atoms with E-state index in [2.05, 4.69) is 6.58 Å². The summed E-state index contributed by atoms with van der Waals surface area (Å²) in [5, 5.41) is 0. The first-order valence-corrected chi connectivity index (χ1v) is 8.97. The van der Waals surface area contributed by atoms with Gasteiger partial charge >= 0.3 is 5.97 Å². The highest BCUT2D eigenvalue weighted by Crippen LogP contribution is 2.40. The summed E-state index contributed by atoms with van der Waals surface area (Å²) in [6.07, 6.45) is 1.15. The van der Waals surface area contributed by atoms with Crippen LogP contribution in [0.4, 0.5) is 0 Å². The van der Waals surface area contributed by atoms with E-state index in [0.29, 0.717) is 11.1 Å². The van der Waals surface area contributed by atoms with Gasteiger partial charge in [0.25, 0.3) is 0 Å². The molecule has 0 aromatic heterocycles. The van der Waals surface area contributed by atoms with E-state index in [4.69, 9.17) is 9.47 Å². The number of benzene rings is 1. The molecular weight excluding hydrogens is 316 g/mol. The molecule has 0 N–H and O–H groups in total. The van der Waals surface area contributed by atoms with Crippen molar-refractivity contribution in [2.45, 2.75) is 31.3 Å². The van der Waals surface area contributed by atoms with Gasteiger partial charge in [-0.1, -0.05) is 18.7 Å². The molecule has 6 heteroatoms. The number of esters is 1. The normalized spacial score (nSPS) is 17.1. The van der Waals surface area contributed by atoms with Crippen LogP contribution in [0.5, 0.6) is 0 Å². The summed E-state index contributed by atoms with van der Waals surface area (Å²) in [4.78, 5) is 12.3. The van der Waals surface area contributed by atoms with Gasteiger partial charge in [-0.05, 0) is 44.0 Å². The highest BCUT2D eigenvalue weighted by molar-refractivity contribution is 7.90. The Bertz CT molecular complexity index is 783. The maximum atomic E-state index is 12.1. The Balaban J connectivity index is 2.50. The first kappa shape index (κ1) is 17.3. The lowest BCUT2D eigenvalue weighted by molar-refractivity contribution is -0.146. The minimum Gasteiger partial charge on any atom is -0.482 e. The van der Waals surface area contributed by atoms with Gasteiger partial charge in [0.1, 0.15) is 12.2 Å². The Morgan fingerprint density at radius 3 is 2.30 bits per heavy atom. The van der Waals surface area contributed by atoms with Crippen LogP contribution < -0.4 is 0 Å². The zero-order valence-electron chi connectivity index (χ0n) is 13.7. The molecular formula is C17H20O5S. The van der Waals surface area contributed by atoms with Crippen LogP contribution in [-0.2, 0) is 24.1 Å². The van der Waals surface area contributed by atoms with Crippen molar-refractivity contribution in [3.63, 3.8) is 0 Å². The van der Waals surface area contributed by atoms with Crippen LogP contribution in [0, 0.1) is 0 Å². The van der Waals surface area contributed by atoms with Crippen LogP contribution in [-0.4, -0.2) is 32.9 Å². The van der Waals surface area contributed by atoms with Crippen molar-refractivity contribution >= 4 is 21.4 Å². The Hall–Kier alpha value is -2.08. The zero-order chi connectivity index (χ0) is 17.4. The zero-order valence-corrected chi connectivity index (χ0v) is 14.5. The van der Waals surface area contributed by atoms with Crippen LogP contribution in [0.15, 0.2) is 47.1 Å². The molecule has 0 radical (unpaired) electrons. The van der Waals surface area contributed by atoms with E-state index in [9.17, 15) is 13.2 Å². The van der Waals surface area contributed by atoms with Gasteiger partial charge in [-0.15, -0.1) is 0 Å². The van der Waals surface area contributed by atoms with Gasteiger partial charge < -0.3 is 9.47 Å². The summed E-state index contributed by atoms with van der Waals surface area (Å²) < 4.78 is 34.1. The van der Waals surface area contributed by atoms with Gasteiger partial charge in [0.2, 0.25) is 5.76 Å². The molecule has 2 rings (SSSR count). The van der Waals surface area contributed by atoms with Gasteiger partial charge in [0.15, 0.2) is 9.84 Å². The molecule has 0 unspecified atom stereocenters. The average Bonchev–Trinajstić information content (AvgIpc) is 2.64. The minimum atomic E-state index is -3.27. The number of hydrogen-bond acceptors (Lipinski definition) is 5. The van der Waals surface area contributed by atoms with Crippen molar-refractivity contribution < 1.29 is 22.7 Å². The number of cyclic esters (lactones) is 1. The first-order chi connectivity index (χ1) is 10.5. The summed E-state index contributed by atoms with van der Waals surface area (Å²) in [6.45, 7) is 9.29. The summed E-state index contributed by atoms with van der Waals surface area (Å²) >= 11 is 0. The third kappa shape index (κ3) is 3.64. The standard InChI is InChI=1S/C17H20O5S/c1-11(2)10-21-15-14(17(3,4)22-16(15)18)12-6-8-13(9-7-12)23(5,19)20/h6-9H,1,10H2,2-5H3. The van der Waals surface area contributed by atoms with Crippen LogP contribution in [0.3, 0.4) is 0 Å². The number of sulfone groups is 1. The average molecular weight is 336 g/mol. The van der Waals surface area contributed by atoms with Gasteiger partial charge in [-0.2, -0.15) is 0 Å². The van der Waals surface area contributed by atoms with Crippen LogP contribution in [0.1, 0.15) is 26.3 Å². The highest BCUT2D eigenvalue weighted by Gasteiger charge is 2.42. The van der Waals surface area contributed by atoms with E-state index in [1.807, 2.05) is 0 Å². The third-order valence-corrected chi connectivity index (χ3v) is 4.52. The van der Waals surface area contributed by atoms with Crippen molar-refractivity contribution in [3.05, 3.63) is 47.7 Å². The minimum absolute atomic E-state index is 0.144. The smallest absolute Gasteiger partial charge is 0.374 e. The molecule has 5 nitrogen and oxygen atoms in total. The monoisotopic (exact) mass is 336 g/mol. The molecule has 0 saturated carbocycles. The molecule has 0 spiro atoms. The third-order valence-electron chi connectivity index (χ3n) is 3.40. The Morgan fingerprint density at radius 2 is 1.83 bits per heavy atom. The lowest BCUT2D eigenvalue weighted by Gasteiger charge is -2.21. The van der Waals surface area contributed by atoms with E-state index in [-0.39, 0.29) is 17.3 Å². The maximum absolute atomic E-state index is 12.1. The molecule has 1 aliphatic rings. The predicted molar refractivity (Wildman–Crippen MR) is 87.4 cm³/mol. The van der Waals surface area contributed by atoms with Gasteiger partial charge in [0.05, 0.1) is 10.5 Å². The van der Waals surface area contributed by atoms with E-state index >= 15 is 0 Å². The molecule has 0 fully saturated rings. The number of rotatable bonds is 5. The lowest BCUT2D eigenvalue weighted by Crippen LogP contribution is -2.22. The van der Waals surface area contributed by atoms with E-state index in [1.165, 1.54) is 12.1 Å². The van der Waals surface area contributed by atoms with Crippen molar-refractivity contribution in [1.82, 2.24) is 0 Å².